The molecular weight excluding hydrogens is 302 g/mol. The molecule has 4 nitrogen and oxygen atoms in total. The number of hydrogen-bond acceptors (Lipinski definition) is 4. The van der Waals surface area contributed by atoms with E-state index in [0.717, 1.165) is 33.9 Å². The van der Waals surface area contributed by atoms with E-state index >= 15 is 0 Å². The van der Waals surface area contributed by atoms with Gasteiger partial charge in [-0.25, -0.2) is 0 Å². The van der Waals surface area contributed by atoms with Crippen LogP contribution in [0.3, 0.4) is 0 Å². The molecule has 0 saturated heterocycles. The summed E-state index contributed by atoms with van der Waals surface area (Å²) in [6, 6.07) is 17.5. The Bertz CT molecular complexity index is 778. The molecule has 0 aliphatic heterocycles. The second kappa shape index (κ2) is 7.32. The quantitative estimate of drug-likeness (QED) is 0.716. The van der Waals surface area contributed by atoms with Gasteiger partial charge in [-0.15, -0.1) is 0 Å². The van der Waals surface area contributed by atoms with Gasteiger partial charge in [0.1, 0.15) is 23.8 Å². The van der Waals surface area contributed by atoms with Gasteiger partial charge in [0.2, 0.25) is 0 Å². The van der Waals surface area contributed by atoms with Crippen molar-refractivity contribution in [3.05, 3.63) is 71.5 Å². The molecule has 3 aromatic rings. The Balaban J connectivity index is 1.74. The van der Waals surface area contributed by atoms with Gasteiger partial charge in [0.15, 0.2) is 0 Å². The maximum Gasteiger partial charge on any atom is 0.140 e. The van der Waals surface area contributed by atoms with Crippen LogP contribution in [0.4, 0.5) is 0 Å². The first-order valence-electron chi connectivity index (χ1n) is 8.10. The van der Waals surface area contributed by atoms with Gasteiger partial charge < -0.3 is 14.4 Å². The summed E-state index contributed by atoms with van der Waals surface area (Å²) in [5.41, 5.74) is 3.66. The van der Waals surface area contributed by atoms with Crippen molar-refractivity contribution in [3.63, 3.8) is 0 Å². The Morgan fingerprint density at radius 1 is 1.08 bits per heavy atom. The number of benzene rings is 2. The number of aryl methyl sites for hydroxylation is 1. The van der Waals surface area contributed by atoms with Crippen LogP contribution in [0.2, 0.25) is 0 Å². The predicted molar refractivity (Wildman–Crippen MR) is 92.7 cm³/mol. The van der Waals surface area contributed by atoms with E-state index < -0.39 is 6.10 Å². The molecule has 24 heavy (non-hydrogen) atoms. The van der Waals surface area contributed by atoms with Crippen molar-refractivity contribution in [3.8, 4) is 17.0 Å². The molecule has 1 heterocycles. The van der Waals surface area contributed by atoms with E-state index in [0.29, 0.717) is 13.0 Å². The first-order valence-corrected chi connectivity index (χ1v) is 8.10. The van der Waals surface area contributed by atoms with Crippen molar-refractivity contribution in [1.29, 1.82) is 0 Å². The van der Waals surface area contributed by atoms with Crippen LogP contribution in [-0.2, 0) is 6.61 Å². The topological polar surface area (TPSA) is 55.5 Å². The number of aliphatic hydroxyl groups excluding tert-OH is 1. The van der Waals surface area contributed by atoms with E-state index in [2.05, 4.69) is 5.16 Å². The monoisotopic (exact) mass is 323 g/mol. The highest BCUT2D eigenvalue weighted by Gasteiger charge is 2.15. The van der Waals surface area contributed by atoms with Crippen molar-refractivity contribution < 1.29 is 14.4 Å². The molecule has 124 valence electrons. The average Bonchev–Trinajstić information content (AvgIpc) is 3.01. The summed E-state index contributed by atoms with van der Waals surface area (Å²) >= 11 is 0. The number of ether oxygens (including phenoxy) is 1. The third-order valence-corrected chi connectivity index (χ3v) is 4.07. The van der Waals surface area contributed by atoms with Gasteiger partial charge in [0.25, 0.3) is 0 Å². The molecule has 0 saturated carbocycles. The normalized spacial score (nSPS) is 12.1. The Kier molecular flexibility index (Phi) is 4.96. The second-order valence-corrected chi connectivity index (χ2v) is 5.71. The van der Waals surface area contributed by atoms with Gasteiger partial charge in [-0.3, -0.25) is 0 Å². The first kappa shape index (κ1) is 16.3. The molecule has 0 radical (unpaired) electrons. The Labute approximate surface area is 141 Å². The zero-order valence-electron chi connectivity index (χ0n) is 13.9. The highest BCUT2D eigenvalue weighted by Crippen LogP contribution is 2.27. The molecular formula is C20H21NO3. The molecule has 0 amide bonds. The third-order valence-electron chi connectivity index (χ3n) is 4.07. The predicted octanol–water partition coefficient (Wildman–Crippen LogP) is 4.67. The summed E-state index contributed by atoms with van der Waals surface area (Å²) in [5, 5.41) is 14.0. The summed E-state index contributed by atoms with van der Waals surface area (Å²) < 4.78 is 11.2. The van der Waals surface area contributed by atoms with Crippen LogP contribution in [0, 0.1) is 6.92 Å². The van der Waals surface area contributed by atoms with Crippen LogP contribution in [0.5, 0.6) is 5.75 Å². The lowest BCUT2D eigenvalue weighted by Crippen LogP contribution is -1.99. The number of nitrogens with zero attached hydrogens (tertiary/aromatic N) is 1. The number of aliphatic hydroxyl groups is 1. The van der Waals surface area contributed by atoms with Crippen molar-refractivity contribution >= 4 is 0 Å². The van der Waals surface area contributed by atoms with Crippen LogP contribution in [0.25, 0.3) is 11.3 Å². The minimum Gasteiger partial charge on any atom is -0.489 e. The summed E-state index contributed by atoms with van der Waals surface area (Å²) in [6.45, 7) is 4.23. The van der Waals surface area contributed by atoms with E-state index in [1.54, 1.807) is 0 Å². The Hall–Kier alpha value is -2.59. The zero-order chi connectivity index (χ0) is 16.9. The molecule has 1 N–H and O–H groups in total. The minimum atomic E-state index is -0.427. The molecule has 0 bridgehead atoms. The fourth-order valence-corrected chi connectivity index (χ4v) is 2.56. The van der Waals surface area contributed by atoms with Crippen LogP contribution in [-0.4, -0.2) is 10.3 Å². The first-order chi connectivity index (χ1) is 11.7. The average molecular weight is 323 g/mol. The van der Waals surface area contributed by atoms with E-state index in [9.17, 15) is 5.11 Å². The Morgan fingerprint density at radius 3 is 2.46 bits per heavy atom. The van der Waals surface area contributed by atoms with Crippen LogP contribution in [0.15, 0.2) is 59.1 Å². The van der Waals surface area contributed by atoms with E-state index in [4.69, 9.17) is 9.26 Å². The summed E-state index contributed by atoms with van der Waals surface area (Å²) in [4.78, 5) is 0. The molecule has 2 aromatic carbocycles. The van der Waals surface area contributed by atoms with Gasteiger partial charge in [-0.2, -0.15) is 0 Å². The molecule has 4 heteroatoms. The van der Waals surface area contributed by atoms with Gasteiger partial charge in [-0.1, -0.05) is 54.5 Å². The number of aromatic nitrogens is 1. The standard InChI is InChI=1S/C20H21NO3/c1-3-19(22)15-9-11-17(12-10-15)23-13-18-14(2)24-21-20(18)16-7-5-4-6-8-16/h4-12,19,22H,3,13H2,1-2H3. The molecule has 1 atom stereocenters. The van der Waals surface area contributed by atoms with Crippen molar-refractivity contribution in [2.45, 2.75) is 33.0 Å². The third kappa shape index (κ3) is 3.49. The molecule has 1 unspecified atom stereocenters. The highest BCUT2D eigenvalue weighted by atomic mass is 16.5. The molecule has 0 fully saturated rings. The van der Waals surface area contributed by atoms with Crippen LogP contribution in [0.1, 0.15) is 36.3 Å². The highest BCUT2D eigenvalue weighted by molar-refractivity contribution is 5.63. The lowest BCUT2D eigenvalue weighted by atomic mass is 10.1. The molecule has 0 spiro atoms. The summed E-state index contributed by atoms with van der Waals surface area (Å²) in [5.74, 6) is 1.51. The molecule has 3 rings (SSSR count). The molecule has 1 aromatic heterocycles. The molecule has 0 aliphatic rings. The van der Waals surface area contributed by atoms with Crippen LogP contribution < -0.4 is 4.74 Å². The smallest absolute Gasteiger partial charge is 0.140 e. The van der Waals surface area contributed by atoms with E-state index in [-0.39, 0.29) is 0 Å². The SMILES string of the molecule is CCC(O)c1ccc(OCc2c(-c3ccccc3)noc2C)cc1. The maximum absolute atomic E-state index is 9.84. The second-order valence-electron chi connectivity index (χ2n) is 5.71. The lowest BCUT2D eigenvalue weighted by Gasteiger charge is -2.10. The number of rotatable bonds is 6. The maximum atomic E-state index is 9.84. The fraction of sp³-hybridized carbons (Fsp3) is 0.250. The van der Waals surface area contributed by atoms with Crippen LogP contribution >= 0.6 is 0 Å². The zero-order valence-corrected chi connectivity index (χ0v) is 13.9. The van der Waals surface area contributed by atoms with E-state index in [1.807, 2.05) is 68.4 Å². The number of hydrogen-bond donors (Lipinski definition) is 1. The fourth-order valence-electron chi connectivity index (χ4n) is 2.56. The van der Waals surface area contributed by atoms with E-state index in [1.165, 1.54) is 0 Å². The largest absolute Gasteiger partial charge is 0.489 e. The van der Waals surface area contributed by atoms with Crippen molar-refractivity contribution in [1.82, 2.24) is 5.16 Å². The minimum absolute atomic E-state index is 0.384. The van der Waals surface area contributed by atoms with Crippen molar-refractivity contribution in [2.75, 3.05) is 0 Å². The van der Waals surface area contributed by atoms with Gasteiger partial charge in [-0.05, 0) is 31.0 Å². The molecule has 0 aliphatic carbocycles. The van der Waals surface area contributed by atoms with Gasteiger partial charge in [0.05, 0.1) is 11.7 Å². The van der Waals surface area contributed by atoms with Gasteiger partial charge in [0, 0.05) is 5.56 Å². The summed E-state index contributed by atoms with van der Waals surface area (Å²) in [7, 11) is 0. The lowest BCUT2D eigenvalue weighted by molar-refractivity contribution is 0.173. The Morgan fingerprint density at radius 2 is 1.79 bits per heavy atom. The summed E-state index contributed by atoms with van der Waals surface area (Å²) in [6.07, 6.45) is 0.268. The van der Waals surface area contributed by atoms with Crippen molar-refractivity contribution in [2.24, 2.45) is 0 Å². The van der Waals surface area contributed by atoms with Gasteiger partial charge >= 0.3 is 0 Å².